The van der Waals surface area contributed by atoms with E-state index in [0.717, 1.165) is 43.9 Å². The molecule has 0 bridgehead atoms. The molecule has 3 N–H and O–H groups in total. The van der Waals surface area contributed by atoms with Crippen molar-refractivity contribution in [2.24, 2.45) is 34.5 Å². The first-order valence-electron chi connectivity index (χ1n) is 10.4. The van der Waals surface area contributed by atoms with Crippen molar-refractivity contribution in [1.29, 1.82) is 0 Å². The van der Waals surface area contributed by atoms with Gasteiger partial charge < -0.3 is 15.3 Å². The van der Waals surface area contributed by atoms with Gasteiger partial charge >= 0.3 is 0 Å². The Bertz CT molecular complexity index is 491. The lowest BCUT2D eigenvalue weighted by Crippen LogP contribution is -2.57. The van der Waals surface area contributed by atoms with Crippen LogP contribution in [0.4, 0.5) is 0 Å². The van der Waals surface area contributed by atoms with Crippen molar-refractivity contribution in [2.75, 3.05) is 6.61 Å². The summed E-state index contributed by atoms with van der Waals surface area (Å²) >= 11 is 0. The quantitative estimate of drug-likeness (QED) is 0.723. The van der Waals surface area contributed by atoms with Gasteiger partial charge in [0.15, 0.2) is 0 Å². The fourth-order valence-corrected chi connectivity index (χ4v) is 7.94. The minimum atomic E-state index is -0.655. The highest BCUT2D eigenvalue weighted by Crippen LogP contribution is 2.68. The molecular formula is C21H36O3. The molecule has 4 saturated carbocycles. The molecule has 8 atom stereocenters. The van der Waals surface area contributed by atoms with Gasteiger partial charge in [0.05, 0.1) is 11.7 Å². The summed E-state index contributed by atoms with van der Waals surface area (Å²) in [6.07, 6.45) is 10.5. The SMILES string of the molecule is C[C@]12CC[C@@H](O)C[C@H]1CC[C@@H]1[C@@H]2CC[C@@]2(C)[C@H]1CC[C@]2(O)CCO. The van der Waals surface area contributed by atoms with Crippen LogP contribution in [0.2, 0.25) is 0 Å². The van der Waals surface area contributed by atoms with E-state index >= 15 is 0 Å². The highest BCUT2D eigenvalue weighted by atomic mass is 16.3. The van der Waals surface area contributed by atoms with Crippen LogP contribution in [0.15, 0.2) is 0 Å². The molecule has 4 fully saturated rings. The van der Waals surface area contributed by atoms with Gasteiger partial charge in [-0.05, 0) is 98.7 Å². The lowest BCUT2D eigenvalue weighted by Gasteiger charge is -2.61. The second-order valence-electron chi connectivity index (χ2n) is 10.1. The molecule has 0 unspecified atom stereocenters. The highest BCUT2D eigenvalue weighted by molar-refractivity contribution is 5.13. The third-order valence-electron chi connectivity index (χ3n) is 9.49. The van der Waals surface area contributed by atoms with Crippen molar-refractivity contribution < 1.29 is 15.3 Å². The molecule has 3 nitrogen and oxygen atoms in total. The first kappa shape index (κ1) is 17.3. The van der Waals surface area contributed by atoms with E-state index in [0.29, 0.717) is 23.7 Å². The van der Waals surface area contributed by atoms with E-state index in [-0.39, 0.29) is 18.1 Å². The molecule has 4 aliphatic rings. The Morgan fingerprint density at radius 2 is 1.67 bits per heavy atom. The minimum Gasteiger partial charge on any atom is -0.396 e. The lowest BCUT2D eigenvalue weighted by atomic mass is 9.44. The van der Waals surface area contributed by atoms with Gasteiger partial charge in [0, 0.05) is 6.61 Å². The average Bonchev–Trinajstić information content (AvgIpc) is 2.80. The highest BCUT2D eigenvalue weighted by Gasteiger charge is 2.64. The van der Waals surface area contributed by atoms with E-state index in [1.165, 1.54) is 25.7 Å². The average molecular weight is 337 g/mol. The fourth-order valence-electron chi connectivity index (χ4n) is 7.94. The molecule has 3 heteroatoms. The number of hydrogen-bond acceptors (Lipinski definition) is 3. The maximum atomic E-state index is 11.3. The number of fused-ring (bicyclic) bond motifs is 5. The summed E-state index contributed by atoms with van der Waals surface area (Å²) in [7, 11) is 0. The Balaban J connectivity index is 1.61. The van der Waals surface area contributed by atoms with Gasteiger partial charge in [-0.25, -0.2) is 0 Å². The predicted octanol–water partition coefficient (Wildman–Crippen LogP) is 3.50. The third-order valence-corrected chi connectivity index (χ3v) is 9.49. The maximum Gasteiger partial charge on any atom is 0.0725 e. The van der Waals surface area contributed by atoms with Gasteiger partial charge in [0.2, 0.25) is 0 Å². The minimum absolute atomic E-state index is 0.00568. The fraction of sp³-hybridized carbons (Fsp3) is 1.00. The van der Waals surface area contributed by atoms with E-state index in [9.17, 15) is 15.3 Å². The van der Waals surface area contributed by atoms with Crippen LogP contribution in [0.3, 0.4) is 0 Å². The Kier molecular flexibility index (Phi) is 4.10. The summed E-state index contributed by atoms with van der Waals surface area (Å²) in [5.74, 6) is 2.84. The standard InChI is InChI=1S/C21H36O3/c1-19-8-5-15(23)13-14(19)3-4-16-17(19)6-9-20(2)18(16)7-10-21(20,24)11-12-22/h14-18,22-24H,3-13H2,1-2H3/t14-,15-,16-,17+,18+,19+,20+,21+/m1/s1. The smallest absolute Gasteiger partial charge is 0.0725 e. The predicted molar refractivity (Wildman–Crippen MR) is 94.4 cm³/mol. The van der Waals surface area contributed by atoms with Crippen LogP contribution < -0.4 is 0 Å². The van der Waals surface area contributed by atoms with Crippen LogP contribution in [-0.2, 0) is 0 Å². The molecule has 0 heterocycles. The van der Waals surface area contributed by atoms with Crippen molar-refractivity contribution >= 4 is 0 Å². The van der Waals surface area contributed by atoms with Crippen molar-refractivity contribution in [3.63, 3.8) is 0 Å². The second kappa shape index (κ2) is 5.69. The topological polar surface area (TPSA) is 60.7 Å². The summed E-state index contributed by atoms with van der Waals surface area (Å²) in [6.45, 7) is 4.93. The Morgan fingerprint density at radius 1 is 0.917 bits per heavy atom. The number of aliphatic hydroxyl groups excluding tert-OH is 2. The third kappa shape index (κ3) is 2.20. The van der Waals surface area contributed by atoms with Crippen LogP contribution in [0.25, 0.3) is 0 Å². The summed E-state index contributed by atoms with van der Waals surface area (Å²) in [5.41, 5.74) is -0.257. The van der Waals surface area contributed by atoms with Gasteiger partial charge in [-0.2, -0.15) is 0 Å². The molecule has 4 aliphatic carbocycles. The summed E-state index contributed by atoms with van der Waals surface area (Å²) < 4.78 is 0. The van der Waals surface area contributed by atoms with Crippen molar-refractivity contribution in [1.82, 2.24) is 0 Å². The molecule has 138 valence electrons. The Hall–Kier alpha value is -0.120. The number of aliphatic hydroxyl groups is 3. The Labute approximate surface area is 146 Å². The molecule has 0 spiro atoms. The van der Waals surface area contributed by atoms with Crippen LogP contribution in [0.1, 0.15) is 78.1 Å². The molecule has 4 rings (SSSR count). The molecule has 0 aromatic heterocycles. The number of hydrogen-bond donors (Lipinski definition) is 3. The van der Waals surface area contributed by atoms with Crippen LogP contribution >= 0.6 is 0 Å². The molecule has 0 aliphatic heterocycles. The summed E-state index contributed by atoms with van der Waals surface area (Å²) in [6, 6.07) is 0. The first-order chi connectivity index (χ1) is 11.3. The monoisotopic (exact) mass is 336 g/mol. The first-order valence-corrected chi connectivity index (χ1v) is 10.4. The molecule has 0 aromatic rings. The van der Waals surface area contributed by atoms with Gasteiger partial charge in [-0.3, -0.25) is 0 Å². The molecule has 0 radical (unpaired) electrons. The molecular weight excluding hydrogens is 300 g/mol. The van der Waals surface area contributed by atoms with Gasteiger partial charge in [0.1, 0.15) is 0 Å². The Morgan fingerprint density at radius 3 is 2.42 bits per heavy atom. The van der Waals surface area contributed by atoms with Crippen molar-refractivity contribution in [2.45, 2.75) is 89.8 Å². The number of rotatable bonds is 2. The molecule has 0 aromatic carbocycles. The normalized spacial score (nSPS) is 57.1. The van der Waals surface area contributed by atoms with Crippen molar-refractivity contribution in [3.05, 3.63) is 0 Å². The van der Waals surface area contributed by atoms with Crippen LogP contribution in [-0.4, -0.2) is 33.6 Å². The zero-order chi connectivity index (χ0) is 17.2. The van der Waals surface area contributed by atoms with Crippen LogP contribution in [0.5, 0.6) is 0 Å². The van der Waals surface area contributed by atoms with E-state index < -0.39 is 5.60 Å². The lowest BCUT2D eigenvalue weighted by molar-refractivity contribution is -0.162. The van der Waals surface area contributed by atoms with Crippen LogP contribution in [0, 0.1) is 34.5 Å². The maximum absolute atomic E-state index is 11.3. The van der Waals surface area contributed by atoms with Crippen molar-refractivity contribution in [3.8, 4) is 0 Å². The van der Waals surface area contributed by atoms with E-state index in [2.05, 4.69) is 13.8 Å². The van der Waals surface area contributed by atoms with Gasteiger partial charge in [-0.15, -0.1) is 0 Å². The molecule has 0 amide bonds. The molecule has 0 saturated heterocycles. The zero-order valence-corrected chi connectivity index (χ0v) is 15.5. The summed E-state index contributed by atoms with van der Waals surface area (Å²) in [5, 5.41) is 30.9. The van der Waals surface area contributed by atoms with E-state index in [1.54, 1.807) is 0 Å². The van der Waals surface area contributed by atoms with Gasteiger partial charge in [0.25, 0.3) is 0 Å². The zero-order valence-electron chi connectivity index (χ0n) is 15.5. The second-order valence-corrected chi connectivity index (χ2v) is 10.1. The van der Waals surface area contributed by atoms with E-state index in [4.69, 9.17) is 0 Å². The van der Waals surface area contributed by atoms with E-state index in [1.807, 2.05) is 0 Å². The van der Waals surface area contributed by atoms with Gasteiger partial charge in [-0.1, -0.05) is 13.8 Å². The molecule has 24 heavy (non-hydrogen) atoms. The summed E-state index contributed by atoms with van der Waals surface area (Å²) in [4.78, 5) is 0. The largest absolute Gasteiger partial charge is 0.396 e.